The molecule has 2 fully saturated rings. The van der Waals surface area contributed by atoms with Gasteiger partial charge in [-0.2, -0.15) is 0 Å². The monoisotopic (exact) mass is 316 g/mol. The Labute approximate surface area is 136 Å². The molecule has 0 unspecified atom stereocenters. The van der Waals surface area contributed by atoms with Crippen LogP contribution in [0.3, 0.4) is 0 Å². The molecule has 3 aliphatic rings. The number of carbonyl (C=O) groups is 1. The van der Waals surface area contributed by atoms with E-state index in [1.807, 2.05) is 18.2 Å². The maximum atomic E-state index is 12.7. The Balaban J connectivity index is 1.53. The van der Waals surface area contributed by atoms with E-state index in [4.69, 9.17) is 9.47 Å². The van der Waals surface area contributed by atoms with Crippen LogP contribution in [0.1, 0.15) is 25.3 Å². The van der Waals surface area contributed by atoms with Gasteiger partial charge in [0, 0.05) is 31.8 Å². The largest absolute Gasteiger partial charge is 0.375 e. The second-order valence-electron chi connectivity index (χ2n) is 6.85. The maximum absolute atomic E-state index is 12.7. The molecule has 1 aromatic rings. The molecule has 1 spiro atoms. The predicted molar refractivity (Wildman–Crippen MR) is 87.5 cm³/mol. The molecule has 5 nitrogen and oxygen atoms in total. The van der Waals surface area contributed by atoms with E-state index in [0.29, 0.717) is 6.61 Å². The first-order valence-corrected chi connectivity index (χ1v) is 8.56. The number of morpholine rings is 1. The first-order valence-electron chi connectivity index (χ1n) is 8.56. The second-order valence-corrected chi connectivity index (χ2v) is 6.85. The van der Waals surface area contributed by atoms with Gasteiger partial charge in [-0.25, -0.2) is 0 Å². The van der Waals surface area contributed by atoms with Gasteiger partial charge in [0.25, 0.3) is 0 Å². The van der Waals surface area contributed by atoms with Crippen LogP contribution in [0, 0.1) is 0 Å². The first kappa shape index (κ1) is 15.1. The molecule has 0 aromatic heterocycles. The second kappa shape index (κ2) is 5.89. The smallest absolute Gasteiger partial charge is 0.241 e. The van der Waals surface area contributed by atoms with Gasteiger partial charge in [-0.05, 0) is 31.4 Å². The quantitative estimate of drug-likeness (QED) is 0.859. The molecule has 0 bridgehead atoms. The van der Waals surface area contributed by atoms with Gasteiger partial charge in [-0.1, -0.05) is 18.2 Å². The zero-order valence-corrected chi connectivity index (χ0v) is 13.6. The van der Waals surface area contributed by atoms with E-state index in [2.05, 4.69) is 23.2 Å². The molecule has 3 heterocycles. The standard InChI is InChI=1S/C18H24N2O3/c1-13-18(8-10-22-13)12-20(9-11-23-18)16-7-6-14-4-2-3-5-15(14)19-17(16)21/h2-5,13,16H,6-12H2,1H3,(H,19,21)/t13-,16+,18+/m0/s1. The Bertz CT molecular complexity index is 606. The van der Waals surface area contributed by atoms with E-state index in [9.17, 15) is 4.79 Å². The van der Waals surface area contributed by atoms with Crippen molar-refractivity contribution in [2.45, 2.75) is 43.9 Å². The van der Waals surface area contributed by atoms with Gasteiger partial charge in [0.15, 0.2) is 0 Å². The van der Waals surface area contributed by atoms with Gasteiger partial charge in [0.2, 0.25) is 5.91 Å². The molecule has 0 saturated carbocycles. The lowest BCUT2D eigenvalue weighted by molar-refractivity contribution is -0.150. The molecule has 1 N–H and O–H groups in total. The minimum Gasteiger partial charge on any atom is -0.375 e. The summed E-state index contributed by atoms with van der Waals surface area (Å²) in [5.74, 6) is 0.110. The minimum absolute atomic E-state index is 0.0871. The van der Waals surface area contributed by atoms with Gasteiger partial charge >= 0.3 is 0 Å². The number of para-hydroxylation sites is 1. The highest BCUT2D eigenvalue weighted by Crippen LogP contribution is 2.35. The van der Waals surface area contributed by atoms with Crippen LogP contribution in [0.4, 0.5) is 5.69 Å². The Hall–Kier alpha value is -1.43. The Morgan fingerprint density at radius 1 is 1.30 bits per heavy atom. The molecular weight excluding hydrogens is 292 g/mol. The van der Waals surface area contributed by atoms with Gasteiger partial charge < -0.3 is 14.8 Å². The molecule has 0 aliphatic carbocycles. The van der Waals surface area contributed by atoms with Crippen LogP contribution in [0.2, 0.25) is 0 Å². The number of nitrogens with zero attached hydrogens (tertiary/aromatic N) is 1. The topological polar surface area (TPSA) is 50.8 Å². The van der Waals surface area contributed by atoms with Crippen LogP contribution in [-0.4, -0.2) is 54.9 Å². The average molecular weight is 316 g/mol. The van der Waals surface area contributed by atoms with Crippen molar-refractivity contribution in [2.24, 2.45) is 0 Å². The summed E-state index contributed by atoms with van der Waals surface area (Å²) in [6, 6.07) is 8.01. The SMILES string of the molecule is C[C@@H]1OCC[C@@]12CN([C@@H]1CCc3ccccc3NC1=O)CCO2. The molecular formula is C18H24N2O3. The van der Waals surface area contributed by atoms with Crippen molar-refractivity contribution in [3.05, 3.63) is 29.8 Å². The summed E-state index contributed by atoms with van der Waals surface area (Å²) in [5, 5.41) is 3.11. The summed E-state index contributed by atoms with van der Waals surface area (Å²) in [6.45, 7) is 5.09. The minimum atomic E-state index is -0.238. The highest BCUT2D eigenvalue weighted by molar-refractivity contribution is 5.96. The third-order valence-electron chi connectivity index (χ3n) is 5.58. The van der Waals surface area contributed by atoms with E-state index in [1.54, 1.807) is 0 Å². The molecule has 124 valence electrons. The average Bonchev–Trinajstić information content (AvgIpc) is 2.80. The normalized spacial score (nSPS) is 34.9. The van der Waals surface area contributed by atoms with Crippen molar-refractivity contribution in [1.82, 2.24) is 4.90 Å². The van der Waals surface area contributed by atoms with Crippen LogP contribution in [0.25, 0.3) is 0 Å². The van der Waals surface area contributed by atoms with Crippen molar-refractivity contribution in [3.8, 4) is 0 Å². The Kier molecular flexibility index (Phi) is 3.87. The Morgan fingerprint density at radius 2 is 2.17 bits per heavy atom. The highest BCUT2D eigenvalue weighted by atomic mass is 16.6. The molecule has 1 amide bonds. The van der Waals surface area contributed by atoms with Crippen LogP contribution >= 0.6 is 0 Å². The molecule has 23 heavy (non-hydrogen) atoms. The molecule has 5 heteroatoms. The van der Waals surface area contributed by atoms with Gasteiger partial charge in [-0.15, -0.1) is 0 Å². The van der Waals surface area contributed by atoms with Crippen molar-refractivity contribution in [2.75, 3.05) is 31.6 Å². The number of ether oxygens (including phenoxy) is 2. The van der Waals surface area contributed by atoms with Crippen molar-refractivity contribution in [1.29, 1.82) is 0 Å². The summed E-state index contributed by atoms with van der Waals surface area (Å²) >= 11 is 0. The van der Waals surface area contributed by atoms with Gasteiger partial charge in [0.05, 0.1) is 18.8 Å². The number of amides is 1. The number of hydrogen-bond acceptors (Lipinski definition) is 4. The first-order chi connectivity index (χ1) is 11.2. The lowest BCUT2D eigenvalue weighted by atomic mass is 9.92. The lowest BCUT2D eigenvalue weighted by Gasteiger charge is -2.44. The molecule has 2 saturated heterocycles. The molecule has 3 atom stereocenters. The fourth-order valence-corrected chi connectivity index (χ4v) is 4.11. The summed E-state index contributed by atoms with van der Waals surface area (Å²) in [4.78, 5) is 15.0. The van der Waals surface area contributed by atoms with Crippen LogP contribution in [0.5, 0.6) is 0 Å². The van der Waals surface area contributed by atoms with E-state index in [-0.39, 0.29) is 23.7 Å². The summed E-state index contributed by atoms with van der Waals surface area (Å²) in [7, 11) is 0. The highest BCUT2D eigenvalue weighted by Gasteiger charge is 2.48. The van der Waals surface area contributed by atoms with Crippen LogP contribution < -0.4 is 5.32 Å². The number of hydrogen-bond donors (Lipinski definition) is 1. The predicted octanol–water partition coefficient (Wildman–Crippen LogP) is 1.82. The van der Waals surface area contributed by atoms with Gasteiger partial charge in [0.1, 0.15) is 5.60 Å². The zero-order chi connectivity index (χ0) is 15.9. The number of nitrogens with one attached hydrogen (secondary N) is 1. The summed E-state index contributed by atoms with van der Waals surface area (Å²) in [5.41, 5.74) is 1.95. The number of anilines is 1. The number of rotatable bonds is 1. The lowest BCUT2D eigenvalue weighted by Crippen LogP contribution is -2.59. The van der Waals surface area contributed by atoms with Crippen molar-refractivity contribution in [3.63, 3.8) is 0 Å². The van der Waals surface area contributed by atoms with E-state index in [0.717, 1.165) is 44.6 Å². The summed E-state index contributed by atoms with van der Waals surface area (Å²) < 4.78 is 11.8. The summed E-state index contributed by atoms with van der Waals surface area (Å²) in [6.07, 6.45) is 2.79. The number of carbonyl (C=O) groups excluding carboxylic acids is 1. The number of aryl methyl sites for hydroxylation is 1. The third-order valence-corrected chi connectivity index (χ3v) is 5.58. The maximum Gasteiger partial charge on any atom is 0.241 e. The zero-order valence-electron chi connectivity index (χ0n) is 13.6. The number of fused-ring (bicyclic) bond motifs is 1. The Morgan fingerprint density at radius 3 is 3.00 bits per heavy atom. The molecule has 4 rings (SSSR count). The van der Waals surface area contributed by atoms with Crippen LogP contribution in [-0.2, 0) is 20.7 Å². The fraction of sp³-hybridized carbons (Fsp3) is 0.611. The molecule has 3 aliphatic heterocycles. The van der Waals surface area contributed by atoms with Crippen LogP contribution in [0.15, 0.2) is 24.3 Å². The third kappa shape index (κ3) is 2.67. The molecule has 0 radical (unpaired) electrons. The van der Waals surface area contributed by atoms with E-state index in [1.165, 1.54) is 5.56 Å². The van der Waals surface area contributed by atoms with Gasteiger partial charge in [-0.3, -0.25) is 9.69 Å². The fourth-order valence-electron chi connectivity index (χ4n) is 4.11. The van der Waals surface area contributed by atoms with E-state index < -0.39 is 0 Å². The van der Waals surface area contributed by atoms with Crippen molar-refractivity contribution >= 4 is 11.6 Å². The number of benzene rings is 1. The van der Waals surface area contributed by atoms with E-state index >= 15 is 0 Å². The van der Waals surface area contributed by atoms with Crippen molar-refractivity contribution < 1.29 is 14.3 Å². The molecule has 1 aromatic carbocycles.